The Bertz CT molecular complexity index is 952. The van der Waals surface area contributed by atoms with E-state index in [0.717, 1.165) is 37.7 Å². The predicted octanol–water partition coefficient (Wildman–Crippen LogP) is 5.18. The van der Waals surface area contributed by atoms with Gasteiger partial charge >= 0.3 is 5.97 Å². The van der Waals surface area contributed by atoms with Crippen molar-refractivity contribution in [1.82, 2.24) is 0 Å². The molecule has 5 heteroatoms. The Morgan fingerprint density at radius 2 is 1.63 bits per heavy atom. The maximum absolute atomic E-state index is 12.8. The molecule has 5 rings (SSSR count). The Kier molecular flexibility index (Phi) is 5.40. The van der Waals surface area contributed by atoms with Crippen LogP contribution in [-0.4, -0.2) is 44.2 Å². The van der Waals surface area contributed by atoms with E-state index in [1.165, 1.54) is 0 Å². The molecule has 4 saturated carbocycles. The summed E-state index contributed by atoms with van der Waals surface area (Å²) in [4.78, 5) is 12.8. The molecule has 35 heavy (non-hydrogen) atoms. The number of fused-ring (bicyclic) bond motifs is 7. The first kappa shape index (κ1) is 25.7. The molecule has 0 spiro atoms. The SMILES string of the molecule is C[C@@H]1CC[C@]2(C(=O)O)CC[C@]3(C)C(=CC[C@@H]4[C@@]5(C)CC[C@H](O)C(C)(C)C5[C@H](O)C[C@]43C)[C@H]2[C@]1(C)O. The van der Waals surface area contributed by atoms with Gasteiger partial charge in [0.2, 0.25) is 0 Å². The quantitative estimate of drug-likeness (QED) is 0.382. The molecule has 0 saturated heterocycles. The second-order valence-electron chi connectivity index (χ2n) is 14.9. The summed E-state index contributed by atoms with van der Waals surface area (Å²) in [7, 11) is 0. The number of hydrogen-bond donors (Lipinski definition) is 4. The number of hydrogen-bond acceptors (Lipinski definition) is 4. The fourth-order valence-corrected chi connectivity index (χ4v) is 11.0. The first-order valence-corrected chi connectivity index (χ1v) is 14.0. The van der Waals surface area contributed by atoms with Crippen LogP contribution < -0.4 is 0 Å². The van der Waals surface area contributed by atoms with Crippen molar-refractivity contribution in [2.24, 2.45) is 50.7 Å². The predicted molar refractivity (Wildman–Crippen MR) is 135 cm³/mol. The van der Waals surface area contributed by atoms with E-state index >= 15 is 0 Å². The second kappa shape index (κ2) is 7.35. The van der Waals surface area contributed by atoms with Crippen LogP contribution in [0, 0.1) is 50.7 Å². The average Bonchev–Trinajstić information content (AvgIpc) is 2.74. The van der Waals surface area contributed by atoms with E-state index in [-0.39, 0.29) is 33.5 Å². The Hall–Kier alpha value is -0.910. The highest BCUT2D eigenvalue weighted by Crippen LogP contribution is 2.76. The van der Waals surface area contributed by atoms with Gasteiger partial charge in [-0.05, 0) is 97.7 Å². The summed E-state index contributed by atoms with van der Waals surface area (Å²) in [6, 6.07) is 0. The van der Waals surface area contributed by atoms with Gasteiger partial charge in [-0.3, -0.25) is 4.79 Å². The second-order valence-corrected chi connectivity index (χ2v) is 14.9. The molecule has 5 nitrogen and oxygen atoms in total. The molecule has 4 fully saturated rings. The van der Waals surface area contributed by atoms with Crippen LogP contribution in [0.25, 0.3) is 0 Å². The lowest BCUT2D eigenvalue weighted by Crippen LogP contribution is -2.70. The zero-order valence-electron chi connectivity index (χ0n) is 22.9. The highest BCUT2D eigenvalue weighted by Gasteiger charge is 2.72. The molecule has 1 unspecified atom stereocenters. The Balaban J connectivity index is 1.67. The number of allylic oxidation sites excluding steroid dienone is 1. The molecular weight excluding hydrogens is 440 g/mol. The van der Waals surface area contributed by atoms with Gasteiger partial charge in [0.25, 0.3) is 0 Å². The summed E-state index contributed by atoms with van der Waals surface area (Å²) in [5, 5.41) is 45.1. The van der Waals surface area contributed by atoms with Crippen molar-refractivity contribution < 1.29 is 25.2 Å². The molecular formula is C30H48O5. The van der Waals surface area contributed by atoms with E-state index in [1.807, 2.05) is 6.92 Å². The summed E-state index contributed by atoms with van der Waals surface area (Å²) in [5.74, 6) is -0.765. The molecule has 0 heterocycles. The van der Waals surface area contributed by atoms with Gasteiger partial charge < -0.3 is 20.4 Å². The number of rotatable bonds is 1. The van der Waals surface area contributed by atoms with Crippen LogP contribution in [0.2, 0.25) is 0 Å². The molecule has 0 radical (unpaired) electrons. The van der Waals surface area contributed by atoms with Gasteiger partial charge in [0.05, 0.1) is 23.2 Å². The highest BCUT2D eigenvalue weighted by atomic mass is 16.4. The maximum atomic E-state index is 12.8. The van der Waals surface area contributed by atoms with Gasteiger partial charge in [0.1, 0.15) is 0 Å². The van der Waals surface area contributed by atoms with Gasteiger partial charge in [0, 0.05) is 5.92 Å². The molecule has 5 aliphatic rings. The monoisotopic (exact) mass is 488 g/mol. The Morgan fingerprint density at radius 3 is 2.26 bits per heavy atom. The van der Waals surface area contributed by atoms with E-state index in [4.69, 9.17) is 0 Å². The minimum Gasteiger partial charge on any atom is -0.481 e. The molecule has 0 bridgehead atoms. The van der Waals surface area contributed by atoms with Crippen molar-refractivity contribution >= 4 is 5.97 Å². The largest absolute Gasteiger partial charge is 0.481 e. The van der Waals surface area contributed by atoms with Crippen LogP contribution in [0.4, 0.5) is 0 Å². The minimum atomic E-state index is -1.08. The fourth-order valence-electron chi connectivity index (χ4n) is 11.0. The molecule has 0 aromatic heterocycles. The normalized spacial score (nSPS) is 57.1. The molecule has 5 aliphatic carbocycles. The van der Waals surface area contributed by atoms with Gasteiger partial charge in [-0.25, -0.2) is 0 Å². The molecule has 4 N–H and O–H groups in total. The summed E-state index contributed by atoms with van der Waals surface area (Å²) in [6.45, 7) is 15.2. The third kappa shape index (κ3) is 2.90. The van der Waals surface area contributed by atoms with E-state index in [0.29, 0.717) is 25.2 Å². The Labute approximate surface area is 211 Å². The topological polar surface area (TPSA) is 98.0 Å². The maximum Gasteiger partial charge on any atom is 0.310 e. The lowest BCUT2D eigenvalue weighted by atomic mass is 9.32. The van der Waals surface area contributed by atoms with E-state index in [2.05, 4.69) is 47.6 Å². The molecule has 0 aromatic rings. The molecule has 0 aliphatic heterocycles. The summed E-state index contributed by atoms with van der Waals surface area (Å²) < 4.78 is 0. The number of carboxylic acid groups (broad SMARTS) is 1. The molecule has 11 atom stereocenters. The lowest BCUT2D eigenvalue weighted by molar-refractivity contribution is -0.247. The third-order valence-electron chi connectivity index (χ3n) is 13.3. The zero-order chi connectivity index (χ0) is 26.0. The molecule has 0 aromatic carbocycles. The van der Waals surface area contributed by atoms with Crippen molar-refractivity contribution in [2.75, 3.05) is 0 Å². The van der Waals surface area contributed by atoms with Crippen LogP contribution in [0.3, 0.4) is 0 Å². The van der Waals surface area contributed by atoms with Gasteiger partial charge in [0.15, 0.2) is 0 Å². The molecule has 0 amide bonds. The summed E-state index contributed by atoms with van der Waals surface area (Å²) >= 11 is 0. The average molecular weight is 489 g/mol. The van der Waals surface area contributed by atoms with E-state index < -0.39 is 35.1 Å². The summed E-state index contributed by atoms with van der Waals surface area (Å²) in [5.41, 5.74) is -1.80. The molecule has 198 valence electrons. The van der Waals surface area contributed by atoms with E-state index in [9.17, 15) is 25.2 Å². The van der Waals surface area contributed by atoms with Crippen molar-refractivity contribution in [3.63, 3.8) is 0 Å². The number of carboxylic acids is 1. The van der Waals surface area contributed by atoms with E-state index in [1.54, 1.807) is 0 Å². The van der Waals surface area contributed by atoms with Crippen LogP contribution >= 0.6 is 0 Å². The third-order valence-corrected chi connectivity index (χ3v) is 13.3. The van der Waals surface area contributed by atoms with Crippen molar-refractivity contribution in [3.05, 3.63) is 11.6 Å². The zero-order valence-corrected chi connectivity index (χ0v) is 22.9. The first-order chi connectivity index (χ1) is 16.0. The summed E-state index contributed by atoms with van der Waals surface area (Å²) in [6.07, 6.45) is 7.27. The van der Waals surface area contributed by atoms with Crippen molar-refractivity contribution in [1.29, 1.82) is 0 Å². The highest BCUT2D eigenvalue weighted by molar-refractivity contribution is 5.77. The Morgan fingerprint density at radius 1 is 0.971 bits per heavy atom. The number of aliphatic hydroxyl groups is 3. The smallest absolute Gasteiger partial charge is 0.310 e. The number of aliphatic carboxylic acids is 1. The minimum absolute atomic E-state index is 0.0230. The first-order valence-electron chi connectivity index (χ1n) is 14.0. The number of aliphatic hydroxyl groups excluding tert-OH is 2. The van der Waals surface area contributed by atoms with Crippen molar-refractivity contribution in [2.45, 2.75) is 118 Å². The van der Waals surface area contributed by atoms with Crippen molar-refractivity contribution in [3.8, 4) is 0 Å². The van der Waals surface area contributed by atoms with Crippen LogP contribution in [0.1, 0.15) is 99.8 Å². The fraction of sp³-hybridized carbons (Fsp3) is 0.900. The van der Waals surface area contributed by atoms with Crippen LogP contribution in [0.5, 0.6) is 0 Å². The van der Waals surface area contributed by atoms with Crippen LogP contribution in [0.15, 0.2) is 11.6 Å². The number of carbonyl (C=O) groups is 1. The van der Waals surface area contributed by atoms with Gasteiger partial charge in [-0.2, -0.15) is 0 Å². The van der Waals surface area contributed by atoms with Crippen LogP contribution in [-0.2, 0) is 4.79 Å². The van der Waals surface area contributed by atoms with Gasteiger partial charge in [-0.1, -0.05) is 53.2 Å². The standard InChI is InChI=1S/C30H48O5/c1-17-10-13-30(24(33)34)15-14-27(5)18(22(30)29(17,7)35)8-9-20-26(4)12-11-21(32)25(2,3)23(26)19(31)16-28(20,27)6/h8,17,19-23,31-32,35H,9-16H2,1-7H3,(H,33,34)/t17-,19-,20-,21+,22+,23?,26-,27-,28-,29-,30+/m1/s1. The van der Waals surface area contributed by atoms with Gasteiger partial charge in [-0.15, -0.1) is 0 Å². The lowest BCUT2D eigenvalue weighted by Gasteiger charge is -2.72.